The largest absolute Gasteiger partial charge is 0.481 e. The van der Waals surface area contributed by atoms with Gasteiger partial charge in [-0.15, -0.1) is 0 Å². The third-order valence-electron chi connectivity index (χ3n) is 4.72. The quantitative estimate of drug-likeness (QED) is 0.0541. The molecule has 4 unspecified atom stereocenters. The van der Waals surface area contributed by atoms with E-state index in [4.69, 9.17) is 22.3 Å². The second-order valence-electron chi connectivity index (χ2n) is 8.32. The minimum Gasteiger partial charge on any atom is -0.481 e. The van der Waals surface area contributed by atoms with Gasteiger partial charge in [0.25, 0.3) is 0 Å². The SMILES string of the molecule is CC(C)CC(NC(=O)C(CO)NC(=O)C(CCCN=C(N)N)NC(=O)C(N)CCC(=O)O)C(=O)O. The van der Waals surface area contributed by atoms with E-state index < -0.39 is 60.4 Å². The van der Waals surface area contributed by atoms with Crippen molar-refractivity contribution in [3.05, 3.63) is 0 Å². The molecule has 0 saturated carbocycles. The zero-order chi connectivity index (χ0) is 27.1. The molecule has 0 aliphatic rings. The molecule has 15 nitrogen and oxygen atoms in total. The van der Waals surface area contributed by atoms with Crippen molar-refractivity contribution in [3.8, 4) is 0 Å². The molecule has 0 spiro atoms. The van der Waals surface area contributed by atoms with Crippen molar-refractivity contribution in [2.24, 2.45) is 28.1 Å². The van der Waals surface area contributed by atoms with Crippen molar-refractivity contribution in [1.29, 1.82) is 0 Å². The van der Waals surface area contributed by atoms with Gasteiger partial charge < -0.3 is 48.5 Å². The molecule has 0 aliphatic heterocycles. The van der Waals surface area contributed by atoms with Crippen molar-refractivity contribution >= 4 is 35.6 Å². The number of nitrogens with one attached hydrogen (secondary N) is 3. The van der Waals surface area contributed by atoms with Gasteiger partial charge in [-0.1, -0.05) is 13.8 Å². The number of carboxylic acids is 2. The van der Waals surface area contributed by atoms with Crippen LogP contribution >= 0.6 is 0 Å². The summed E-state index contributed by atoms with van der Waals surface area (Å²) in [6.45, 7) is 2.83. The third-order valence-corrected chi connectivity index (χ3v) is 4.72. The Morgan fingerprint density at radius 3 is 1.89 bits per heavy atom. The van der Waals surface area contributed by atoms with Crippen LogP contribution in [0.15, 0.2) is 4.99 Å². The van der Waals surface area contributed by atoms with Crippen molar-refractivity contribution < 1.29 is 39.3 Å². The first-order valence-corrected chi connectivity index (χ1v) is 11.1. The Hall–Kier alpha value is -3.46. The van der Waals surface area contributed by atoms with Gasteiger partial charge in [-0.05, 0) is 31.6 Å². The summed E-state index contributed by atoms with van der Waals surface area (Å²) in [5, 5.41) is 34.6. The number of amides is 3. The monoisotopic (exact) mass is 503 g/mol. The van der Waals surface area contributed by atoms with Crippen LogP contribution in [-0.2, 0) is 24.0 Å². The van der Waals surface area contributed by atoms with E-state index in [9.17, 15) is 34.2 Å². The minimum atomic E-state index is -1.49. The highest BCUT2D eigenvalue weighted by molar-refractivity contribution is 5.94. The molecule has 0 rings (SSSR count). The topological polar surface area (TPSA) is 273 Å². The van der Waals surface area contributed by atoms with Crippen LogP contribution in [-0.4, -0.2) is 88.3 Å². The van der Waals surface area contributed by atoms with Gasteiger partial charge in [0, 0.05) is 13.0 Å². The Kier molecular flexibility index (Phi) is 14.6. The number of aliphatic hydroxyl groups is 1. The Balaban J connectivity index is 5.36. The summed E-state index contributed by atoms with van der Waals surface area (Å²) >= 11 is 0. The highest BCUT2D eigenvalue weighted by atomic mass is 16.4. The van der Waals surface area contributed by atoms with Crippen molar-refractivity contribution in [2.45, 2.75) is 70.1 Å². The molecular weight excluding hydrogens is 466 g/mol. The maximum Gasteiger partial charge on any atom is 0.326 e. The number of carboxylic acid groups (broad SMARTS) is 2. The highest BCUT2D eigenvalue weighted by Gasteiger charge is 2.30. The number of hydrogen-bond donors (Lipinski definition) is 9. The Bertz CT molecular complexity index is 771. The van der Waals surface area contributed by atoms with E-state index in [1.54, 1.807) is 13.8 Å². The number of aliphatic carboxylic acids is 2. The maximum atomic E-state index is 12.8. The Morgan fingerprint density at radius 1 is 0.857 bits per heavy atom. The molecule has 200 valence electrons. The smallest absolute Gasteiger partial charge is 0.326 e. The average Bonchev–Trinajstić information content (AvgIpc) is 2.76. The molecule has 3 amide bonds. The molecule has 0 radical (unpaired) electrons. The number of carbonyl (C=O) groups is 5. The van der Waals surface area contributed by atoms with Crippen LogP contribution < -0.4 is 33.2 Å². The lowest BCUT2D eigenvalue weighted by atomic mass is 10.0. The molecule has 0 aromatic heterocycles. The zero-order valence-electron chi connectivity index (χ0n) is 19.9. The van der Waals surface area contributed by atoms with Gasteiger partial charge in [-0.3, -0.25) is 24.2 Å². The number of aliphatic imine (C=N–C) groups is 1. The van der Waals surface area contributed by atoms with E-state index in [0.29, 0.717) is 0 Å². The first-order chi connectivity index (χ1) is 16.3. The average molecular weight is 504 g/mol. The number of guanidine groups is 1. The molecule has 0 saturated heterocycles. The van der Waals surface area contributed by atoms with Gasteiger partial charge in [0.15, 0.2) is 5.96 Å². The lowest BCUT2D eigenvalue weighted by molar-refractivity contribution is -0.143. The van der Waals surface area contributed by atoms with E-state index in [0.717, 1.165) is 0 Å². The van der Waals surface area contributed by atoms with Crippen LogP contribution in [0.1, 0.15) is 46.0 Å². The van der Waals surface area contributed by atoms with Gasteiger partial charge in [-0.25, -0.2) is 4.79 Å². The maximum absolute atomic E-state index is 12.8. The molecular formula is C20H37N7O8. The molecule has 0 fully saturated rings. The first kappa shape index (κ1) is 31.5. The highest BCUT2D eigenvalue weighted by Crippen LogP contribution is 2.06. The lowest BCUT2D eigenvalue weighted by Gasteiger charge is -2.24. The summed E-state index contributed by atoms with van der Waals surface area (Å²) in [6, 6.07) is -5.14. The van der Waals surface area contributed by atoms with E-state index in [1.807, 2.05) is 0 Å². The number of rotatable bonds is 17. The first-order valence-electron chi connectivity index (χ1n) is 11.1. The normalized spacial score (nSPS) is 14.2. The second kappa shape index (κ2) is 16.2. The predicted octanol–water partition coefficient (Wildman–Crippen LogP) is -3.19. The number of carbonyl (C=O) groups excluding carboxylic acids is 3. The lowest BCUT2D eigenvalue weighted by Crippen LogP contribution is -2.58. The molecule has 35 heavy (non-hydrogen) atoms. The van der Waals surface area contributed by atoms with Crippen LogP contribution in [0, 0.1) is 5.92 Å². The Morgan fingerprint density at radius 2 is 1.40 bits per heavy atom. The number of hydrogen-bond acceptors (Lipinski definition) is 8. The van der Waals surface area contributed by atoms with Gasteiger partial charge in [-0.2, -0.15) is 0 Å². The van der Waals surface area contributed by atoms with Crippen LogP contribution in [0.3, 0.4) is 0 Å². The van der Waals surface area contributed by atoms with Gasteiger partial charge in [0.05, 0.1) is 12.6 Å². The van der Waals surface area contributed by atoms with E-state index >= 15 is 0 Å². The number of nitrogens with zero attached hydrogens (tertiary/aromatic N) is 1. The standard InChI is InChI=1S/C20H37N7O8/c1-10(2)8-13(19(34)35)26-18(33)14(9-28)27-17(32)12(4-3-7-24-20(22)23)25-16(31)11(21)5-6-15(29)30/h10-14,28H,3-9,21H2,1-2H3,(H,25,31)(H,26,33)(H,27,32)(H,29,30)(H,34,35)(H4,22,23,24). The number of nitrogens with two attached hydrogens (primary N) is 3. The third kappa shape index (κ3) is 13.7. The fraction of sp³-hybridized carbons (Fsp3) is 0.700. The molecule has 15 heteroatoms. The summed E-state index contributed by atoms with van der Waals surface area (Å²) in [4.78, 5) is 63.5. The molecule has 12 N–H and O–H groups in total. The van der Waals surface area contributed by atoms with Crippen LogP contribution in [0.2, 0.25) is 0 Å². The molecule has 0 heterocycles. The number of aliphatic hydroxyl groups excluding tert-OH is 1. The second-order valence-corrected chi connectivity index (χ2v) is 8.32. The zero-order valence-corrected chi connectivity index (χ0v) is 19.9. The van der Waals surface area contributed by atoms with E-state index in [-0.39, 0.29) is 50.5 Å². The van der Waals surface area contributed by atoms with Gasteiger partial charge in [0.2, 0.25) is 17.7 Å². The predicted molar refractivity (Wildman–Crippen MR) is 125 cm³/mol. The molecule has 0 aromatic rings. The van der Waals surface area contributed by atoms with Gasteiger partial charge in [0.1, 0.15) is 18.1 Å². The molecule has 0 aliphatic carbocycles. The molecule has 0 bridgehead atoms. The van der Waals surface area contributed by atoms with Crippen molar-refractivity contribution in [1.82, 2.24) is 16.0 Å². The van der Waals surface area contributed by atoms with Crippen LogP contribution in [0.4, 0.5) is 0 Å². The molecule has 0 aromatic carbocycles. The van der Waals surface area contributed by atoms with Crippen LogP contribution in [0.5, 0.6) is 0 Å². The summed E-state index contributed by atoms with van der Waals surface area (Å²) < 4.78 is 0. The van der Waals surface area contributed by atoms with Crippen molar-refractivity contribution in [3.63, 3.8) is 0 Å². The van der Waals surface area contributed by atoms with Gasteiger partial charge >= 0.3 is 11.9 Å². The van der Waals surface area contributed by atoms with Crippen LogP contribution in [0.25, 0.3) is 0 Å². The van der Waals surface area contributed by atoms with E-state index in [2.05, 4.69) is 20.9 Å². The summed E-state index contributed by atoms with van der Waals surface area (Å²) in [5.41, 5.74) is 16.2. The Labute approximate surface area is 202 Å². The van der Waals surface area contributed by atoms with E-state index in [1.165, 1.54) is 0 Å². The fourth-order valence-corrected chi connectivity index (χ4v) is 2.89. The van der Waals surface area contributed by atoms with Crippen molar-refractivity contribution in [2.75, 3.05) is 13.2 Å². The summed E-state index contributed by atoms with van der Waals surface area (Å²) in [5.74, 6) is -5.19. The molecule has 4 atom stereocenters. The minimum absolute atomic E-state index is 0.0187. The summed E-state index contributed by atoms with van der Waals surface area (Å²) in [7, 11) is 0. The fourth-order valence-electron chi connectivity index (χ4n) is 2.89. The summed E-state index contributed by atoms with van der Waals surface area (Å²) in [6.07, 6.45) is -0.136.